The second kappa shape index (κ2) is 8.05. The van der Waals surface area contributed by atoms with Crippen molar-refractivity contribution < 1.29 is 9.15 Å². The minimum Gasteiger partial charge on any atom is -0.467 e. The van der Waals surface area contributed by atoms with Crippen molar-refractivity contribution >= 4 is 17.5 Å². The molecular formula is C21H18N4O2. The van der Waals surface area contributed by atoms with Crippen LogP contribution in [0.25, 0.3) is 0 Å². The molecule has 0 atom stereocenters. The van der Waals surface area contributed by atoms with Gasteiger partial charge in [0.2, 0.25) is 5.95 Å². The molecule has 0 spiro atoms. The van der Waals surface area contributed by atoms with Gasteiger partial charge < -0.3 is 19.8 Å². The van der Waals surface area contributed by atoms with Gasteiger partial charge in [0.25, 0.3) is 0 Å². The maximum atomic E-state index is 5.96. The third-order valence-electron chi connectivity index (χ3n) is 3.78. The molecule has 2 heterocycles. The van der Waals surface area contributed by atoms with E-state index in [9.17, 15) is 0 Å². The molecule has 0 unspecified atom stereocenters. The van der Waals surface area contributed by atoms with Crippen molar-refractivity contribution in [3.05, 3.63) is 91.0 Å². The maximum Gasteiger partial charge on any atom is 0.229 e. The van der Waals surface area contributed by atoms with Gasteiger partial charge in [-0.05, 0) is 42.5 Å². The average Bonchev–Trinajstić information content (AvgIpc) is 3.23. The van der Waals surface area contributed by atoms with Crippen LogP contribution in [-0.4, -0.2) is 9.97 Å². The van der Waals surface area contributed by atoms with E-state index in [1.807, 2.05) is 66.7 Å². The number of aromatic nitrogens is 2. The summed E-state index contributed by atoms with van der Waals surface area (Å²) < 4.78 is 11.3. The molecule has 2 N–H and O–H groups in total. The van der Waals surface area contributed by atoms with Crippen molar-refractivity contribution in [2.75, 3.05) is 10.6 Å². The van der Waals surface area contributed by atoms with Crippen LogP contribution in [0.1, 0.15) is 5.76 Å². The van der Waals surface area contributed by atoms with Crippen molar-refractivity contribution in [2.45, 2.75) is 6.54 Å². The van der Waals surface area contributed by atoms with E-state index < -0.39 is 0 Å². The maximum absolute atomic E-state index is 5.96. The SMILES string of the molecule is c1ccc(Oc2ccccc2Nc2nccc(NCc3ccco3)n2)cc1. The lowest BCUT2D eigenvalue weighted by Gasteiger charge is -2.12. The summed E-state index contributed by atoms with van der Waals surface area (Å²) in [5, 5.41) is 6.43. The first-order valence-electron chi connectivity index (χ1n) is 8.55. The predicted octanol–water partition coefficient (Wildman–Crippen LogP) is 5.22. The molecule has 4 rings (SSSR count). The standard InChI is InChI=1S/C21H18N4O2/c1-2-7-16(8-3-1)27-19-11-5-4-10-18(19)24-21-22-13-12-20(25-21)23-15-17-9-6-14-26-17/h1-14H,15H2,(H2,22,23,24,25). The van der Waals surface area contributed by atoms with Crippen LogP contribution in [-0.2, 0) is 6.54 Å². The van der Waals surface area contributed by atoms with Crippen molar-refractivity contribution in [3.8, 4) is 11.5 Å². The number of furan rings is 1. The second-order valence-corrected chi connectivity index (χ2v) is 5.73. The van der Waals surface area contributed by atoms with Crippen LogP contribution >= 0.6 is 0 Å². The summed E-state index contributed by atoms with van der Waals surface area (Å²) in [6.45, 7) is 0.553. The summed E-state index contributed by atoms with van der Waals surface area (Å²) in [5.74, 6) is 3.47. The number of para-hydroxylation sites is 3. The Morgan fingerprint density at radius 3 is 2.59 bits per heavy atom. The van der Waals surface area contributed by atoms with E-state index in [2.05, 4.69) is 20.6 Å². The number of nitrogens with zero attached hydrogens (tertiary/aromatic N) is 2. The van der Waals surface area contributed by atoms with Gasteiger partial charge in [-0.1, -0.05) is 30.3 Å². The summed E-state index contributed by atoms with van der Waals surface area (Å²) in [5.41, 5.74) is 0.782. The predicted molar refractivity (Wildman–Crippen MR) is 104 cm³/mol. The molecule has 0 saturated heterocycles. The summed E-state index contributed by atoms with van der Waals surface area (Å²) >= 11 is 0. The topological polar surface area (TPSA) is 72.2 Å². The van der Waals surface area contributed by atoms with Crippen molar-refractivity contribution in [2.24, 2.45) is 0 Å². The fourth-order valence-corrected chi connectivity index (χ4v) is 2.50. The molecule has 6 heteroatoms. The van der Waals surface area contributed by atoms with Gasteiger partial charge >= 0.3 is 0 Å². The highest BCUT2D eigenvalue weighted by atomic mass is 16.5. The van der Waals surface area contributed by atoms with Gasteiger partial charge in [-0.3, -0.25) is 0 Å². The van der Waals surface area contributed by atoms with Gasteiger partial charge in [-0.2, -0.15) is 4.98 Å². The number of rotatable bonds is 7. The molecule has 0 aliphatic heterocycles. The van der Waals surface area contributed by atoms with Crippen molar-refractivity contribution in [3.63, 3.8) is 0 Å². The third-order valence-corrected chi connectivity index (χ3v) is 3.78. The van der Waals surface area contributed by atoms with Gasteiger partial charge in [0, 0.05) is 6.20 Å². The van der Waals surface area contributed by atoms with Crippen LogP contribution < -0.4 is 15.4 Å². The second-order valence-electron chi connectivity index (χ2n) is 5.73. The Bertz CT molecular complexity index is 988. The first kappa shape index (κ1) is 16.7. The molecule has 0 aliphatic carbocycles. The van der Waals surface area contributed by atoms with Crippen LogP contribution in [0.5, 0.6) is 11.5 Å². The first-order valence-corrected chi connectivity index (χ1v) is 8.55. The molecule has 0 radical (unpaired) electrons. The molecule has 0 fully saturated rings. The Morgan fingerprint density at radius 1 is 0.889 bits per heavy atom. The highest BCUT2D eigenvalue weighted by molar-refractivity contribution is 5.63. The lowest BCUT2D eigenvalue weighted by Crippen LogP contribution is -2.04. The number of hydrogen-bond acceptors (Lipinski definition) is 6. The highest BCUT2D eigenvalue weighted by Gasteiger charge is 2.07. The zero-order chi connectivity index (χ0) is 18.3. The van der Waals surface area contributed by atoms with E-state index in [1.165, 1.54) is 0 Å². The van der Waals surface area contributed by atoms with Gasteiger partial charge in [-0.15, -0.1) is 0 Å². The van der Waals surface area contributed by atoms with E-state index in [4.69, 9.17) is 9.15 Å². The lowest BCUT2D eigenvalue weighted by atomic mass is 10.3. The van der Waals surface area contributed by atoms with E-state index in [0.717, 1.165) is 17.2 Å². The highest BCUT2D eigenvalue weighted by Crippen LogP contribution is 2.30. The molecule has 0 bridgehead atoms. The van der Waals surface area contributed by atoms with Crippen molar-refractivity contribution in [1.29, 1.82) is 0 Å². The minimum absolute atomic E-state index is 0.476. The molecule has 27 heavy (non-hydrogen) atoms. The molecule has 0 saturated carbocycles. The summed E-state index contributed by atoms with van der Waals surface area (Å²) in [7, 11) is 0. The zero-order valence-corrected chi connectivity index (χ0v) is 14.5. The van der Waals surface area contributed by atoms with Crippen LogP contribution in [0.4, 0.5) is 17.5 Å². The van der Waals surface area contributed by atoms with E-state index >= 15 is 0 Å². The lowest BCUT2D eigenvalue weighted by molar-refractivity contribution is 0.485. The van der Waals surface area contributed by atoms with Gasteiger partial charge in [-0.25, -0.2) is 4.98 Å². The van der Waals surface area contributed by atoms with Crippen LogP contribution in [0.15, 0.2) is 89.7 Å². The van der Waals surface area contributed by atoms with Crippen molar-refractivity contribution in [1.82, 2.24) is 9.97 Å². The molecule has 2 aromatic carbocycles. The Balaban J connectivity index is 1.48. The Labute approximate surface area is 156 Å². The number of benzene rings is 2. The molecule has 0 aliphatic rings. The largest absolute Gasteiger partial charge is 0.467 e. The molecule has 134 valence electrons. The fourth-order valence-electron chi connectivity index (χ4n) is 2.50. The Kier molecular flexibility index (Phi) is 4.97. The van der Waals surface area contributed by atoms with Crippen LogP contribution in [0, 0.1) is 0 Å². The summed E-state index contributed by atoms with van der Waals surface area (Å²) in [6.07, 6.45) is 3.34. The summed E-state index contributed by atoms with van der Waals surface area (Å²) in [6, 6.07) is 22.9. The normalized spacial score (nSPS) is 10.4. The number of anilines is 3. The number of ether oxygens (including phenoxy) is 1. The molecular weight excluding hydrogens is 340 g/mol. The van der Waals surface area contributed by atoms with E-state index in [0.29, 0.717) is 24.1 Å². The first-order chi connectivity index (χ1) is 13.4. The van der Waals surface area contributed by atoms with E-state index in [1.54, 1.807) is 18.5 Å². The van der Waals surface area contributed by atoms with Gasteiger partial charge in [0.15, 0.2) is 5.75 Å². The smallest absolute Gasteiger partial charge is 0.229 e. The number of nitrogens with one attached hydrogen (secondary N) is 2. The molecule has 4 aromatic rings. The Morgan fingerprint density at radius 2 is 1.74 bits per heavy atom. The van der Waals surface area contributed by atoms with Crippen LogP contribution in [0.3, 0.4) is 0 Å². The van der Waals surface area contributed by atoms with Gasteiger partial charge in [0.05, 0.1) is 18.5 Å². The Hall–Kier alpha value is -3.80. The minimum atomic E-state index is 0.476. The summed E-state index contributed by atoms with van der Waals surface area (Å²) in [4.78, 5) is 8.77. The van der Waals surface area contributed by atoms with Crippen LogP contribution in [0.2, 0.25) is 0 Å². The average molecular weight is 358 g/mol. The monoisotopic (exact) mass is 358 g/mol. The molecule has 6 nitrogen and oxygen atoms in total. The fraction of sp³-hybridized carbons (Fsp3) is 0.0476. The molecule has 0 amide bonds. The number of hydrogen-bond donors (Lipinski definition) is 2. The van der Waals surface area contributed by atoms with Gasteiger partial charge in [0.1, 0.15) is 17.3 Å². The quantitative estimate of drug-likeness (QED) is 0.472. The molecule has 2 aromatic heterocycles. The van der Waals surface area contributed by atoms with E-state index in [-0.39, 0.29) is 0 Å². The zero-order valence-electron chi connectivity index (χ0n) is 14.5. The third kappa shape index (κ3) is 4.43.